The molecule has 0 aromatic carbocycles. The molecule has 0 radical (unpaired) electrons. The summed E-state index contributed by atoms with van der Waals surface area (Å²) in [6.07, 6.45) is 9.45. The van der Waals surface area contributed by atoms with Crippen LogP contribution >= 0.6 is 0 Å². The topological polar surface area (TPSA) is 15.3 Å². The first kappa shape index (κ1) is 16.0. The summed E-state index contributed by atoms with van der Waals surface area (Å²) in [5.74, 6) is 0. The van der Waals surface area contributed by atoms with Crippen LogP contribution in [0.3, 0.4) is 0 Å². The smallest absolute Gasteiger partial charge is 0.0249 e. The molecule has 2 unspecified atom stereocenters. The van der Waals surface area contributed by atoms with E-state index in [0.29, 0.717) is 6.04 Å². The molecule has 1 aliphatic carbocycles. The van der Waals surface area contributed by atoms with Crippen molar-refractivity contribution >= 4 is 0 Å². The first-order valence-electron chi connectivity index (χ1n) is 8.27. The second kappa shape index (κ2) is 8.92. The molecule has 0 aromatic heterocycles. The second-order valence-corrected chi connectivity index (χ2v) is 5.75. The number of hydrogen-bond donors (Lipinski definition) is 1. The zero-order valence-corrected chi connectivity index (χ0v) is 13.0. The molecule has 0 spiro atoms. The Labute approximate surface area is 115 Å². The summed E-state index contributed by atoms with van der Waals surface area (Å²) in [7, 11) is 0. The lowest BCUT2D eigenvalue weighted by molar-refractivity contribution is 0.136. The van der Waals surface area contributed by atoms with Crippen molar-refractivity contribution in [1.29, 1.82) is 0 Å². The minimum Gasteiger partial charge on any atom is -0.313 e. The third kappa shape index (κ3) is 4.89. The normalized spacial score (nSPS) is 19.2. The fourth-order valence-electron chi connectivity index (χ4n) is 3.12. The van der Waals surface area contributed by atoms with Crippen molar-refractivity contribution in [3.8, 4) is 0 Å². The summed E-state index contributed by atoms with van der Waals surface area (Å²) in [6.45, 7) is 11.6. The van der Waals surface area contributed by atoms with Gasteiger partial charge in [-0.3, -0.25) is 4.90 Å². The highest BCUT2D eigenvalue weighted by molar-refractivity contribution is 4.93. The molecule has 1 rings (SSSR count). The molecule has 0 saturated heterocycles. The van der Waals surface area contributed by atoms with Crippen molar-refractivity contribution in [3.63, 3.8) is 0 Å². The minimum absolute atomic E-state index is 0.697. The van der Waals surface area contributed by atoms with Gasteiger partial charge in [-0.15, -0.1) is 0 Å². The lowest BCUT2D eigenvalue weighted by atomic mass is 9.98. The van der Waals surface area contributed by atoms with Crippen LogP contribution in [0.5, 0.6) is 0 Å². The Hall–Kier alpha value is -0.0800. The van der Waals surface area contributed by atoms with E-state index in [-0.39, 0.29) is 0 Å². The van der Waals surface area contributed by atoms with Gasteiger partial charge in [-0.2, -0.15) is 0 Å². The van der Waals surface area contributed by atoms with Crippen LogP contribution in [0.25, 0.3) is 0 Å². The maximum atomic E-state index is 3.73. The molecule has 1 fully saturated rings. The summed E-state index contributed by atoms with van der Waals surface area (Å²) in [5.41, 5.74) is 0. The standard InChI is InChI=1S/C16H34N2/c1-5-9-13-18(14-11-12-14)16(7-3)15(10-6-2)17-8-4/h14-17H,5-13H2,1-4H3. The Balaban J connectivity index is 2.61. The second-order valence-electron chi connectivity index (χ2n) is 5.75. The van der Waals surface area contributed by atoms with E-state index in [4.69, 9.17) is 0 Å². The lowest BCUT2D eigenvalue weighted by Gasteiger charge is -2.37. The summed E-state index contributed by atoms with van der Waals surface area (Å²) < 4.78 is 0. The van der Waals surface area contributed by atoms with E-state index in [1.54, 1.807) is 0 Å². The molecule has 0 aliphatic heterocycles. The highest BCUT2D eigenvalue weighted by Gasteiger charge is 2.35. The van der Waals surface area contributed by atoms with E-state index < -0.39 is 0 Å². The quantitative estimate of drug-likeness (QED) is 0.603. The zero-order chi connectivity index (χ0) is 13.4. The molecule has 18 heavy (non-hydrogen) atoms. The number of unbranched alkanes of at least 4 members (excludes halogenated alkanes) is 1. The van der Waals surface area contributed by atoms with E-state index in [1.165, 1.54) is 51.5 Å². The van der Waals surface area contributed by atoms with E-state index in [9.17, 15) is 0 Å². The maximum Gasteiger partial charge on any atom is 0.0249 e. The van der Waals surface area contributed by atoms with E-state index in [0.717, 1.165) is 18.6 Å². The molecule has 2 nitrogen and oxygen atoms in total. The summed E-state index contributed by atoms with van der Waals surface area (Å²) in [6, 6.07) is 2.35. The molecule has 108 valence electrons. The SMILES string of the molecule is CCCCN(C1CC1)C(CC)C(CCC)NCC. The van der Waals surface area contributed by atoms with Gasteiger partial charge < -0.3 is 5.32 Å². The molecular weight excluding hydrogens is 220 g/mol. The molecule has 1 N–H and O–H groups in total. The number of nitrogens with one attached hydrogen (secondary N) is 1. The zero-order valence-electron chi connectivity index (χ0n) is 13.0. The molecule has 1 saturated carbocycles. The van der Waals surface area contributed by atoms with Crippen LogP contribution in [0.1, 0.15) is 72.6 Å². The molecule has 0 bridgehead atoms. The van der Waals surface area contributed by atoms with Crippen molar-refractivity contribution < 1.29 is 0 Å². The van der Waals surface area contributed by atoms with Crippen LogP contribution in [-0.2, 0) is 0 Å². The first-order chi connectivity index (χ1) is 8.78. The predicted molar refractivity (Wildman–Crippen MR) is 81.1 cm³/mol. The van der Waals surface area contributed by atoms with E-state index in [2.05, 4.69) is 37.9 Å². The molecular formula is C16H34N2. The summed E-state index contributed by atoms with van der Waals surface area (Å²) in [5, 5.41) is 3.73. The number of hydrogen-bond acceptors (Lipinski definition) is 2. The third-order valence-electron chi connectivity index (χ3n) is 4.16. The first-order valence-corrected chi connectivity index (χ1v) is 8.27. The van der Waals surface area contributed by atoms with Crippen LogP contribution in [0.4, 0.5) is 0 Å². The van der Waals surface area contributed by atoms with Crippen LogP contribution < -0.4 is 5.32 Å². The van der Waals surface area contributed by atoms with Gasteiger partial charge in [0.05, 0.1) is 0 Å². The molecule has 2 atom stereocenters. The van der Waals surface area contributed by atoms with Gasteiger partial charge in [0.15, 0.2) is 0 Å². The molecule has 0 heterocycles. The van der Waals surface area contributed by atoms with Crippen LogP contribution in [0.15, 0.2) is 0 Å². The van der Waals surface area contributed by atoms with E-state index >= 15 is 0 Å². The van der Waals surface area contributed by atoms with Crippen molar-refractivity contribution in [2.75, 3.05) is 13.1 Å². The largest absolute Gasteiger partial charge is 0.313 e. The Morgan fingerprint density at radius 3 is 2.28 bits per heavy atom. The van der Waals surface area contributed by atoms with Crippen molar-refractivity contribution in [3.05, 3.63) is 0 Å². The van der Waals surface area contributed by atoms with Crippen LogP contribution in [0, 0.1) is 0 Å². The van der Waals surface area contributed by atoms with Crippen LogP contribution in [0.2, 0.25) is 0 Å². The molecule has 2 heteroatoms. The van der Waals surface area contributed by atoms with Gasteiger partial charge in [-0.1, -0.05) is 40.5 Å². The van der Waals surface area contributed by atoms with Gasteiger partial charge in [0.2, 0.25) is 0 Å². The average Bonchev–Trinajstić information content (AvgIpc) is 3.18. The van der Waals surface area contributed by atoms with Crippen LogP contribution in [-0.4, -0.2) is 36.1 Å². The van der Waals surface area contributed by atoms with Gasteiger partial charge in [-0.25, -0.2) is 0 Å². The minimum atomic E-state index is 0.697. The summed E-state index contributed by atoms with van der Waals surface area (Å²) in [4.78, 5) is 2.83. The Bertz CT molecular complexity index is 195. The predicted octanol–water partition coefficient (Wildman–Crippen LogP) is 3.81. The van der Waals surface area contributed by atoms with Crippen molar-refractivity contribution in [2.45, 2.75) is 90.8 Å². The fraction of sp³-hybridized carbons (Fsp3) is 1.00. The van der Waals surface area contributed by atoms with Gasteiger partial charge in [0, 0.05) is 18.1 Å². The van der Waals surface area contributed by atoms with E-state index in [1.807, 2.05) is 0 Å². The fourth-order valence-corrected chi connectivity index (χ4v) is 3.12. The van der Waals surface area contributed by atoms with Crippen molar-refractivity contribution in [1.82, 2.24) is 10.2 Å². The van der Waals surface area contributed by atoms with Gasteiger partial charge >= 0.3 is 0 Å². The Morgan fingerprint density at radius 2 is 1.83 bits per heavy atom. The maximum absolute atomic E-state index is 3.73. The van der Waals surface area contributed by atoms with Gasteiger partial charge in [-0.05, 0) is 45.2 Å². The number of rotatable bonds is 11. The highest BCUT2D eigenvalue weighted by atomic mass is 15.2. The third-order valence-corrected chi connectivity index (χ3v) is 4.16. The number of likely N-dealkylation sites (N-methyl/N-ethyl adjacent to an activating group) is 1. The summed E-state index contributed by atoms with van der Waals surface area (Å²) >= 11 is 0. The van der Waals surface area contributed by atoms with Crippen molar-refractivity contribution in [2.24, 2.45) is 0 Å². The molecule has 1 aliphatic rings. The molecule has 0 amide bonds. The van der Waals surface area contributed by atoms with Gasteiger partial charge in [0.1, 0.15) is 0 Å². The monoisotopic (exact) mass is 254 g/mol. The molecule has 0 aromatic rings. The average molecular weight is 254 g/mol. The number of nitrogens with zero attached hydrogens (tertiary/aromatic N) is 1. The Kier molecular flexibility index (Phi) is 7.92. The lowest BCUT2D eigenvalue weighted by Crippen LogP contribution is -2.51. The Morgan fingerprint density at radius 1 is 1.11 bits per heavy atom. The van der Waals surface area contributed by atoms with Gasteiger partial charge in [0.25, 0.3) is 0 Å². The highest BCUT2D eigenvalue weighted by Crippen LogP contribution is 2.31.